The van der Waals surface area contributed by atoms with E-state index in [1.807, 2.05) is 44.2 Å². The Morgan fingerprint density at radius 1 is 1.36 bits per heavy atom. The van der Waals surface area contributed by atoms with E-state index < -0.39 is 0 Å². The molecule has 0 radical (unpaired) electrons. The fourth-order valence-corrected chi connectivity index (χ4v) is 1.05. The van der Waals surface area contributed by atoms with Crippen molar-refractivity contribution in [2.75, 3.05) is 5.32 Å². The molecule has 0 saturated carbocycles. The smallest absolute Gasteiger partial charge is 0.248 e. The molecule has 2 nitrogen and oxygen atoms in total. The Kier molecular flexibility index (Phi) is 3.92. The van der Waals surface area contributed by atoms with E-state index in [-0.39, 0.29) is 5.91 Å². The predicted octanol–water partition coefficient (Wildman–Crippen LogP) is 2.90. The van der Waals surface area contributed by atoms with Gasteiger partial charge in [0.05, 0.1) is 0 Å². The minimum atomic E-state index is -0.0734. The first-order chi connectivity index (χ1) is 6.72. The van der Waals surface area contributed by atoms with Gasteiger partial charge in [0.2, 0.25) is 5.91 Å². The van der Waals surface area contributed by atoms with Gasteiger partial charge in [-0.05, 0) is 31.6 Å². The molecular weight excluding hydrogens is 174 g/mol. The summed E-state index contributed by atoms with van der Waals surface area (Å²) >= 11 is 0. The van der Waals surface area contributed by atoms with Gasteiger partial charge < -0.3 is 5.32 Å². The maximum Gasteiger partial charge on any atom is 0.248 e. The first kappa shape index (κ1) is 10.5. The van der Waals surface area contributed by atoms with Gasteiger partial charge in [0, 0.05) is 5.69 Å². The first-order valence-corrected chi connectivity index (χ1v) is 4.76. The van der Waals surface area contributed by atoms with Crippen molar-refractivity contribution in [3.63, 3.8) is 0 Å². The molecule has 0 aliphatic heterocycles. The van der Waals surface area contributed by atoms with Gasteiger partial charge in [0.25, 0.3) is 0 Å². The van der Waals surface area contributed by atoms with Crippen LogP contribution < -0.4 is 5.32 Å². The predicted molar refractivity (Wildman–Crippen MR) is 59.2 cm³/mol. The topological polar surface area (TPSA) is 29.1 Å². The normalized spacial score (nSPS) is 10.4. The van der Waals surface area contributed by atoms with Crippen LogP contribution in [0.25, 0.3) is 0 Å². The molecular formula is C12H15NO. The van der Waals surface area contributed by atoms with Gasteiger partial charge in [-0.3, -0.25) is 4.79 Å². The van der Waals surface area contributed by atoms with Crippen LogP contribution in [0.4, 0.5) is 5.69 Å². The van der Waals surface area contributed by atoms with E-state index in [2.05, 4.69) is 5.32 Å². The lowest BCUT2D eigenvalue weighted by Gasteiger charge is -2.01. The molecule has 0 atom stereocenters. The molecule has 0 saturated heterocycles. The van der Waals surface area contributed by atoms with Crippen LogP contribution in [0, 0.1) is 6.92 Å². The second-order valence-corrected chi connectivity index (χ2v) is 3.17. The zero-order valence-electron chi connectivity index (χ0n) is 8.58. The Labute approximate surface area is 84.6 Å². The third-order valence-electron chi connectivity index (χ3n) is 1.82. The molecule has 0 spiro atoms. The van der Waals surface area contributed by atoms with Crippen molar-refractivity contribution < 1.29 is 4.79 Å². The van der Waals surface area contributed by atoms with Gasteiger partial charge in [-0.25, -0.2) is 0 Å². The Hall–Kier alpha value is -1.57. The van der Waals surface area contributed by atoms with Gasteiger partial charge in [0.15, 0.2) is 0 Å². The highest BCUT2D eigenvalue weighted by Gasteiger charge is 1.95. The standard InChI is InChI=1S/C12H15NO/c1-3-4-5-12(14)13-11-8-6-10(2)7-9-11/h4-9H,3H2,1-2H3,(H,13,14)/b5-4+. The van der Waals surface area contributed by atoms with Crippen molar-refractivity contribution in [2.45, 2.75) is 20.3 Å². The average Bonchev–Trinajstić information content (AvgIpc) is 2.18. The molecule has 0 aliphatic carbocycles. The quantitative estimate of drug-likeness (QED) is 0.728. The molecule has 1 N–H and O–H groups in total. The number of nitrogens with one attached hydrogen (secondary N) is 1. The molecule has 1 amide bonds. The minimum Gasteiger partial charge on any atom is -0.323 e. The lowest BCUT2D eigenvalue weighted by molar-refractivity contribution is -0.111. The Morgan fingerprint density at radius 2 is 2.00 bits per heavy atom. The number of benzene rings is 1. The van der Waals surface area contributed by atoms with Crippen molar-refractivity contribution in [2.24, 2.45) is 0 Å². The molecule has 1 rings (SSSR count). The number of carbonyl (C=O) groups is 1. The number of carbonyl (C=O) groups excluding carboxylic acids is 1. The van der Waals surface area contributed by atoms with Crippen LogP contribution in [0.1, 0.15) is 18.9 Å². The number of hydrogen-bond donors (Lipinski definition) is 1. The van der Waals surface area contributed by atoms with E-state index in [1.165, 1.54) is 5.56 Å². The molecule has 2 heteroatoms. The number of rotatable bonds is 3. The summed E-state index contributed by atoms with van der Waals surface area (Å²) in [7, 11) is 0. The number of anilines is 1. The van der Waals surface area contributed by atoms with E-state index in [1.54, 1.807) is 6.08 Å². The van der Waals surface area contributed by atoms with Crippen LogP contribution in [-0.2, 0) is 4.79 Å². The van der Waals surface area contributed by atoms with Crippen molar-refractivity contribution in [3.05, 3.63) is 42.0 Å². The Bertz CT molecular complexity index is 325. The average molecular weight is 189 g/mol. The van der Waals surface area contributed by atoms with Crippen LogP contribution in [0.15, 0.2) is 36.4 Å². The Balaban J connectivity index is 2.56. The molecule has 14 heavy (non-hydrogen) atoms. The Morgan fingerprint density at radius 3 is 2.57 bits per heavy atom. The fourth-order valence-electron chi connectivity index (χ4n) is 1.05. The monoisotopic (exact) mass is 189 g/mol. The van der Waals surface area contributed by atoms with Crippen molar-refractivity contribution in [1.82, 2.24) is 0 Å². The highest BCUT2D eigenvalue weighted by Crippen LogP contribution is 2.08. The van der Waals surface area contributed by atoms with Gasteiger partial charge in [0.1, 0.15) is 0 Å². The van der Waals surface area contributed by atoms with Crippen LogP contribution >= 0.6 is 0 Å². The third kappa shape index (κ3) is 3.44. The molecule has 74 valence electrons. The van der Waals surface area contributed by atoms with E-state index in [9.17, 15) is 4.79 Å². The van der Waals surface area contributed by atoms with Crippen LogP contribution in [0.2, 0.25) is 0 Å². The SMILES string of the molecule is CC/C=C/C(=O)Nc1ccc(C)cc1. The van der Waals surface area contributed by atoms with Crippen LogP contribution in [0.5, 0.6) is 0 Å². The maximum atomic E-state index is 11.3. The third-order valence-corrected chi connectivity index (χ3v) is 1.82. The second kappa shape index (κ2) is 5.22. The second-order valence-electron chi connectivity index (χ2n) is 3.17. The van der Waals surface area contributed by atoms with E-state index in [0.717, 1.165) is 12.1 Å². The highest BCUT2D eigenvalue weighted by atomic mass is 16.1. The van der Waals surface area contributed by atoms with Gasteiger partial charge in [-0.15, -0.1) is 0 Å². The van der Waals surface area contributed by atoms with Gasteiger partial charge in [-0.1, -0.05) is 30.7 Å². The fraction of sp³-hybridized carbons (Fsp3) is 0.250. The first-order valence-electron chi connectivity index (χ1n) is 4.76. The van der Waals surface area contributed by atoms with Crippen molar-refractivity contribution in [3.8, 4) is 0 Å². The van der Waals surface area contributed by atoms with Crippen molar-refractivity contribution in [1.29, 1.82) is 0 Å². The molecule has 0 aromatic heterocycles. The summed E-state index contributed by atoms with van der Waals surface area (Å²) in [5.74, 6) is -0.0734. The van der Waals surface area contributed by atoms with Crippen LogP contribution in [0.3, 0.4) is 0 Å². The maximum absolute atomic E-state index is 11.3. The number of aryl methyl sites for hydroxylation is 1. The molecule has 1 aromatic carbocycles. The lowest BCUT2D eigenvalue weighted by atomic mass is 10.2. The van der Waals surface area contributed by atoms with E-state index in [4.69, 9.17) is 0 Å². The van der Waals surface area contributed by atoms with Gasteiger partial charge in [-0.2, -0.15) is 0 Å². The van der Waals surface area contributed by atoms with E-state index in [0.29, 0.717) is 0 Å². The largest absolute Gasteiger partial charge is 0.323 e. The molecule has 0 heterocycles. The van der Waals surface area contributed by atoms with Crippen LogP contribution in [-0.4, -0.2) is 5.91 Å². The molecule has 0 unspecified atom stereocenters. The number of hydrogen-bond acceptors (Lipinski definition) is 1. The molecule has 0 aliphatic rings. The molecule has 0 fully saturated rings. The number of amides is 1. The molecule has 0 bridgehead atoms. The van der Waals surface area contributed by atoms with Gasteiger partial charge >= 0.3 is 0 Å². The zero-order chi connectivity index (χ0) is 10.4. The summed E-state index contributed by atoms with van der Waals surface area (Å²) in [6.07, 6.45) is 4.27. The zero-order valence-corrected chi connectivity index (χ0v) is 8.58. The summed E-state index contributed by atoms with van der Waals surface area (Å²) in [5.41, 5.74) is 2.02. The van der Waals surface area contributed by atoms with Crippen molar-refractivity contribution >= 4 is 11.6 Å². The lowest BCUT2D eigenvalue weighted by Crippen LogP contribution is -2.07. The highest BCUT2D eigenvalue weighted by molar-refractivity contribution is 5.99. The summed E-state index contributed by atoms with van der Waals surface area (Å²) < 4.78 is 0. The summed E-state index contributed by atoms with van der Waals surface area (Å²) in [6, 6.07) is 7.73. The molecule has 1 aromatic rings. The minimum absolute atomic E-state index is 0.0734. The number of allylic oxidation sites excluding steroid dienone is 1. The summed E-state index contributed by atoms with van der Waals surface area (Å²) in [4.78, 5) is 11.3. The van der Waals surface area contributed by atoms with E-state index >= 15 is 0 Å². The summed E-state index contributed by atoms with van der Waals surface area (Å²) in [6.45, 7) is 4.01. The summed E-state index contributed by atoms with van der Waals surface area (Å²) in [5, 5.41) is 2.78.